The first-order chi connectivity index (χ1) is 6.83. The van der Waals surface area contributed by atoms with E-state index in [9.17, 15) is 0 Å². The van der Waals surface area contributed by atoms with Gasteiger partial charge < -0.3 is 0 Å². The standard InChI is InChI=1S/C10H8BrNS2/c11-9-5-4-8(13-9)10-12-6-2-1-3-7(6)14-10/h4-5H,1-3H2. The van der Waals surface area contributed by atoms with Gasteiger partial charge in [0, 0.05) is 4.88 Å². The highest BCUT2D eigenvalue weighted by Gasteiger charge is 2.17. The molecular formula is C10H8BrNS2. The molecule has 2 aromatic heterocycles. The molecule has 0 radical (unpaired) electrons. The molecule has 0 aliphatic heterocycles. The zero-order valence-corrected chi connectivity index (χ0v) is 10.6. The van der Waals surface area contributed by atoms with Crippen LogP contribution in [0.3, 0.4) is 0 Å². The first-order valence-corrected chi connectivity index (χ1v) is 7.00. The van der Waals surface area contributed by atoms with Gasteiger partial charge in [0.15, 0.2) is 0 Å². The third kappa shape index (κ3) is 1.45. The number of hydrogen-bond acceptors (Lipinski definition) is 3. The predicted octanol–water partition coefficient (Wildman–Crippen LogP) is 4.12. The van der Waals surface area contributed by atoms with Crippen molar-refractivity contribution in [3.63, 3.8) is 0 Å². The zero-order chi connectivity index (χ0) is 9.54. The van der Waals surface area contributed by atoms with Crippen LogP contribution in [0, 0.1) is 0 Å². The van der Waals surface area contributed by atoms with E-state index in [0.29, 0.717) is 0 Å². The zero-order valence-electron chi connectivity index (χ0n) is 7.42. The fraction of sp³-hybridized carbons (Fsp3) is 0.300. The monoisotopic (exact) mass is 285 g/mol. The van der Waals surface area contributed by atoms with Gasteiger partial charge in [-0.2, -0.15) is 0 Å². The van der Waals surface area contributed by atoms with Crippen LogP contribution in [0.5, 0.6) is 0 Å². The molecule has 0 aromatic carbocycles. The molecule has 14 heavy (non-hydrogen) atoms. The van der Waals surface area contributed by atoms with Gasteiger partial charge in [0.05, 0.1) is 14.4 Å². The quantitative estimate of drug-likeness (QED) is 0.768. The Morgan fingerprint density at radius 3 is 2.86 bits per heavy atom. The molecule has 0 unspecified atom stereocenters. The Kier molecular flexibility index (Phi) is 2.22. The normalized spacial score (nSPS) is 14.6. The molecule has 1 aliphatic rings. The van der Waals surface area contributed by atoms with Gasteiger partial charge in [-0.3, -0.25) is 0 Å². The van der Waals surface area contributed by atoms with E-state index in [-0.39, 0.29) is 0 Å². The van der Waals surface area contributed by atoms with Gasteiger partial charge in [-0.05, 0) is 47.3 Å². The van der Waals surface area contributed by atoms with Crippen LogP contribution in [-0.2, 0) is 12.8 Å². The number of rotatable bonds is 1. The van der Waals surface area contributed by atoms with Crippen molar-refractivity contribution in [2.45, 2.75) is 19.3 Å². The lowest BCUT2D eigenvalue weighted by Crippen LogP contribution is -1.77. The Morgan fingerprint density at radius 2 is 2.14 bits per heavy atom. The van der Waals surface area contributed by atoms with Crippen molar-refractivity contribution in [2.24, 2.45) is 0 Å². The summed E-state index contributed by atoms with van der Waals surface area (Å²) in [5.41, 5.74) is 1.34. The molecule has 1 nitrogen and oxygen atoms in total. The van der Waals surface area contributed by atoms with Gasteiger partial charge in [-0.25, -0.2) is 4.98 Å². The first-order valence-electron chi connectivity index (χ1n) is 4.57. The van der Waals surface area contributed by atoms with Gasteiger partial charge in [-0.15, -0.1) is 22.7 Å². The summed E-state index contributed by atoms with van der Waals surface area (Å²) < 4.78 is 1.18. The fourth-order valence-electron chi connectivity index (χ4n) is 1.73. The summed E-state index contributed by atoms with van der Waals surface area (Å²) in [7, 11) is 0. The third-order valence-electron chi connectivity index (χ3n) is 2.38. The minimum absolute atomic E-state index is 1.18. The topological polar surface area (TPSA) is 12.9 Å². The maximum absolute atomic E-state index is 4.68. The highest BCUT2D eigenvalue weighted by atomic mass is 79.9. The van der Waals surface area contributed by atoms with Crippen LogP contribution in [-0.4, -0.2) is 4.98 Å². The maximum atomic E-state index is 4.68. The average molecular weight is 286 g/mol. The Balaban J connectivity index is 2.05. The van der Waals surface area contributed by atoms with E-state index in [1.807, 2.05) is 11.3 Å². The molecule has 0 spiro atoms. The van der Waals surface area contributed by atoms with Crippen LogP contribution in [0.2, 0.25) is 0 Å². The second-order valence-corrected chi connectivity index (χ2v) is 6.89. The molecule has 72 valence electrons. The minimum atomic E-state index is 1.18. The molecule has 0 bridgehead atoms. The summed E-state index contributed by atoms with van der Waals surface area (Å²) in [5, 5.41) is 1.20. The lowest BCUT2D eigenvalue weighted by molar-refractivity contribution is 0.900. The molecule has 1 aliphatic carbocycles. The summed E-state index contributed by atoms with van der Waals surface area (Å²) in [4.78, 5) is 7.47. The van der Waals surface area contributed by atoms with Crippen LogP contribution < -0.4 is 0 Å². The third-order valence-corrected chi connectivity index (χ3v) is 5.33. The van der Waals surface area contributed by atoms with Crippen LogP contribution >= 0.6 is 38.6 Å². The second kappa shape index (κ2) is 3.43. The van der Waals surface area contributed by atoms with Gasteiger partial charge in [0.25, 0.3) is 0 Å². The highest BCUT2D eigenvalue weighted by molar-refractivity contribution is 9.11. The number of thiophene rings is 1. The number of fused-ring (bicyclic) bond motifs is 1. The average Bonchev–Trinajstić information content (AvgIpc) is 2.75. The summed E-state index contributed by atoms with van der Waals surface area (Å²) in [6.07, 6.45) is 3.71. The Morgan fingerprint density at radius 1 is 1.21 bits per heavy atom. The lowest BCUT2D eigenvalue weighted by Gasteiger charge is -1.88. The summed E-state index contributed by atoms with van der Waals surface area (Å²) in [5.74, 6) is 0. The smallest absolute Gasteiger partial charge is 0.133 e. The van der Waals surface area contributed by atoms with Crippen LogP contribution in [0.4, 0.5) is 0 Å². The number of nitrogens with zero attached hydrogens (tertiary/aromatic N) is 1. The Hall–Kier alpha value is -0.190. The van der Waals surface area contributed by atoms with Gasteiger partial charge >= 0.3 is 0 Å². The molecule has 0 saturated carbocycles. The van der Waals surface area contributed by atoms with E-state index < -0.39 is 0 Å². The number of thiazole rings is 1. The molecule has 0 amide bonds. The molecule has 0 fully saturated rings. The van der Waals surface area contributed by atoms with Crippen molar-refractivity contribution in [3.8, 4) is 9.88 Å². The molecule has 4 heteroatoms. The van der Waals surface area contributed by atoms with Crippen molar-refractivity contribution in [1.82, 2.24) is 4.98 Å². The molecule has 0 atom stereocenters. The number of aryl methyl sites for hydroxylation is 2. The van der Waals surface area contributed by atoms with E-state index in [2.05, 4.69) is 33.0 Å². The van der Waals surface area contributed by atoms with E-state index in [1.54, 1.807) is 11.3 Å². The molecule has 2 heterocycles. The fourth-order valence-corrected chi connectivity index (χ4v) is 4.32. The molecule has 0 N–H and O–H groups in total. The Bertz CT molecular complexity index is 451. The number of hydrogen-bond donors (Lipinski definition) is 0. The minimum Gasteiger partial charge on any atom is -0.240 e. The number of aromatic nitrogens is 1. The van der Waals surface area contributed by atoms with Crippen LogP contribution in [0.25, 0.3) is 9.88 Å². The van der Waals surface area contributed by atoms with E-state index in [0.717, 1.165) is 0 Å². The molecule has 2 aromatic rings. The van der Waals surface area contributed by atoms with Crippen molar-refractivity contribution >= 4 is 38.6 Å². The summed E-state index contributed by atoms with van der Waals surface area (Å²) in [6, 6.07) is 4.23. The van der Waals surface area contributed by atoms with Crippen LogP contribution in [0.15, 0.2) is 15.9 Å². The van der Waals surface area contributed by atoms with E-state index >= 15 is 0 Å². The lowest BCUT2D eigenvalue weighted by atomic mass is 10.4. The molecular weight excluding hydrogens is 278 g/mol. The van der Waals surface area contributed by atoms with E-state index in [1.165, 1.54) is 43.5 Å². The van der Waals surface area contributed by atoms with Gasteiger partial charge in [-0.1, -0.05) is 0 Å². The van der Waals surface area contributed by atoms with Crippen LogP contribution in [0.1, 0.15) is 17.0 Å². The van der Waals surface area contributed by atoms with Crippen molar-refractivity contribution in [3.05, 3.63) is 26.5 Å². The van der Waals surface area contributed by atoms with Crippen molar-refractivity contribution < 1.29 is 0 Å². The van der Waals surface area contributed by atoms with Crippen molar-refractivity contribution in [1.29, 1.82) is 0 Å². The highest BCUT2D eigenvalue weighted by Crippen LogP contribution is 2.37. The van der Waals surface area contributed by atoms with E-state index in [4.69, 9.17) is 0 Å². The summed E-state index contributed by atoms with van der Waals surface area (Å²) in [6.45, 7) is 0. The molecule has 0 saturated heterocycles. The van der Waals surface area contributed by atoms with Gasteiger partial charge in [0.1, 0.15) is 5.01 Å². The number of halogens is 1. The molecule has 3 rings (SSSR count). The first kappa shape index (κ1) is 9.07. The largest absolute Gasteiger partial charge is 0.240 e. The maximum Gasteiger partial charge on any atom is 0.133 e. The Labute approximate surface area is 98.9 Å². The predicted molar refractivity (Wildman–Crippen MR) is 65.2 cm³/mol. The van der Waals surface area contributed by atoms with Gasteiger partial charge in [0.2, 0.25) is 0 Å². The van der Waals surface area contributed by atoms with Crippen molar-refractivity contribution in [2.75, 3.05) is 0 Å². The second-order valence-electron chi connectivity index (χ2n) is 3.35. The summed E-state index contributed by atoms with van der Waals surface area (Å²) >= 11 is 7.11. The SMILES string of the molecule is Brc1ccc(-c2nc3c(s2)CCC3)s1.